The minimum atomic E-state index is -0.312. The van der Waals surface area contributed by atoms with Crippen LogP contribution in [0, 0.1) is 6.07 Å². The van der Waals surface area contributed by atoms with Gasteiger partial charge >= 0.3 is 5.97 Å². The molecule has 0 aromatic heterocycles. The van der Waals surface area contributed by atoms with E-state index in [1.54, 1.807) is 19.2 Å². The number of ether oxygens (including phenoxy) is 2. The van der Waals surface area contributed by atoms with Crippen molar-refractivity contribution in [1.82, 2.24) is 0 Å². The van der Waals surface area contributed by atoms with Crippen LogP contribution in [0.15, 0.2) is 36.4 Å². The van der Waals surface area contributed by atoms with Crippen LogP contribution in [0.25, 0.3) is 0 Å². The number of methoxy groups -OCH3 is 1. The summed E-state index contributed by atoms with van der Waals surface area (Å²) in [4.78, 5) is 10.8. The second-order valence-electron chi connectivity index (χ2n) is 4.64. The third kappa shape index (κ3) is 4.50. The third-order valence-electron chi connectivity index (χ3n) is 3.01. The fraction of sp³-hybridized carbons (Fsp3) is 0.235. The molecule has 2 aromatic carbocycles. The SMILES string of the molecule is COc1ccc(Cc2[c]cc(COC(C)=O)cc2Cl)cc1. The first-order valence-corrected chi connectivity index (χ1v) is 6.91. The van der Waals surface area contributed by atoms with Crippen LogP contribution < -0.4 is 4.74 Å². The number of hydrogen-bond acceptors (Lipinski definition) is 3. The number of carbonyl (C=O) groups is 1. The molecule has 2 aromatic rings. The van der Waals surface area contributed by atoms with E-state index in [4.69, 9.17) is 21.1 Å². The van der Waals surface area contributed by atoms with Crippen LogP contribution >= 0.6 is 11.6 Å². The Morgan fingerprint density at radius 3 is 2.52 bits per heavy atom. The van der Waals surface area contributed by atoms with Crippen LogP contribution in [-0.4, -0.2) is 13.1 Å². The number of hydrogen-bond donors (Lipinski definition) is 0. The number of carbonyl (C=O) groups excluding carboxylic acids is 1. The average Bonchev–Trinajstić information content (AvgIpc) is 2.48. The molecule has 0 aliphatic heterocycles. The molecule has 0 saturated heterocycles. The molecule has 0 unspecified atom stereocenters. The summed E-state index contributed by atoms with van der Waals surface area (Å²) in [5, 5.41) is 0.621. The van der Waals surface area contributed by atoms with Gasteiger partial charge in [-0.3, -0.25) is 4.79 Å². The van der Waals surface area contributed by atoms with Crippen molar-refractivity contribution in [3.63, 3.8) is 0 Å². The van der Waals surface area contributed by atoms with Gasteiger partial charge in [0, 0.05) is 11.9 Å². The molecule has 0 atom stereocenters. The van der Waals surface area contributed by atoms with Crippen LogP contribution in [0.1, 0.15) is 23.6 Å². The van der Waals surface area contributed by atoms with Gasteiger partial charge in [-0.15, -0.1) is 0 Å². The molecule has 0 N–H and O–H groups in total. The molecule has 4 heteroatoms. The molecule has 0 aliphatic rings. The Labute approximate surface area is 129 Å². The first-order valence-electron chi connectivity index (χ1n) is 6.54. The Morgan fingerprint density at radius 2 is 1.95 bits per heavy atom. The van der Waals surface area contributed by atoms with Crippen molar-refractivity contribution in [2.24, 2.45) is 0 Å². The predicted molar refractivity (Wildman–Crippen MR) is 81.6 cm³/mol. The van der Waals surface area contributed by atoms with Crippen LogP contribution in [0.2, 0.25) is 5.02 Å². The Morgan fingerprint density at radius 1 is 1.24 bits per heavy atom. The Balaban J connectivity index is 2.07. The lowest BCUT2D eigenvalue weighted by atomic mass is 10.0. The summed E-state index contributed by atoms with van der Waals surface area (Å²) in [6.07, 6.45) is 0.691. The Hall–Kier alpha value is -2.00. The predicted octanol–water partition coefficient (Wildman–Crippen LogP) is 3.80. The quantitative estimate of drug-likeness (QED) is 0.788. The lowest BCUT2D eigenvalue weighted by Gasteiger charge is -2.08. The van der Waals surface area contributed by atoms with Crippen molar-refractivity contribution in [2.75, 3.05) is 7.11 Å². The Bertz CT molecular complexity index is 620. The first-order chi connectivity index (χ1) is 10.1. The molecule has 21 heavy (non-hydrogen) atoms. The van der Waals surface area contributed by atoms with E-state index in [0.29, 0.717) is 11.4 Å². The Kier molecular flexibility index (Phi) is 5.23. The summed E-state index contributed by atoms with van der Waals surface area (Å²) in [7, 11) is 1.64. The minimum absolute atomic E-state index is 0.217. The highest BCUT2D eigenvalue weighted by molar-refractivity contribution is 6.31. The van der Waals surface area contributed by atoms with Crippen molar-refractivity contribution < 1.29 is 14.3 Å². The zero-order valence-corrected chi connectivity index (χ0v) is 12.7. The van der Waals surface area contributed by atoms with Crippen molar-refractivity contribution in [2.45, 2.75) is 20.0 Å². The monoisotopic (exact) mass is 303 g/mol. The summed E-state index contributed by atoms with van der Waals surface area (Å²) in [5.41, 5.74) is 2.86. The zero-order valence-electron chi connectivity index (χ0n) is 12.0. The summed E-state index contributed by atoms with van der Waals surface area (Å²) in [6.45, 7) is 1.59. The molecule has 0 fully saturated rings. The fourth-order valence-corrected chi connectivity index (χ4v) is 2.15. The molecule has 0 aliphatic carbocycles. The van der Waals surface area contributed by atoms with E-state index in [9.17, 15) is 4.79 Å². The van der Waals surface area contributed by atoms with Gasteiger partial charge in [0.15, 0.2) is 0 Å². The molecule has 0 amide bonds. The van der Waals surface area contributed by atoms with Gasteiger partial charge in [0.05, 0.1) is 7.11 Å². The van der Waals surface area contributed by atoms with Crippen molar-refractivity contribution in [1.29, 1.82) is 0 Å². The van der Waals surface area contributed by atoms with E-state index in [-0.39, 0.29) is 12.6 Å². The van der Waals surface area contributed by atoms with Gasteiger partial charge < -0.3 is 9.47 Å². The van der Waals surface area contributed by atoms with Crippen molar-refractivity contribution >= 4 is 17.6 Å². The van der Waals surface area contributed by atoms with E-state index in [0.717, 1.165) is 22.4 Å². The summed E-state index contributed by atoms with van der Waals surface area (Å²) < 4.78 is 10.1. The smallest absolute Gasteiger partial charge is 0.302 e. The lowest BCUT2D eigenvalue weighted by molar-refractivity contribution is -0.142. The average molecular weight is 304 g/mol. The molecule has 0 spiro atoms. The van der Waals surface area contributed by atoms with Gasteiger partial charge in [0.2, 0.25) is 0 Å². The number of benzene rings is 2. The van der Waals surface area contributed by atoms with Gasteiger partial charge in [-0.05, 0) is 53.4 Å². The maximum absolute atomic E-state index is 10.8. The minimum Gasteiger partial charge on any atom is -0.497 e. The second kappa shape index (κ2) is 7.14. The number of halogens is 1. The maximum Gasteiger partial charge on any atom is 0.302 e. The van der Waals surface area contributed by atoms with E-state index in [1.165, 1.54) is 6.92 Å². The molecule has 0 heterocycles. The molecule has 3 nitrogen and oxygen atoms in total. The van der Waals surface area contributed by atoms with Gasteiger partial charge in [-0.1, -0.05) is 23.7 Å². The molecule has 2 rings (SSSR count). The maximum atomic E-state index is 10.8. The van der Waals surface area contributed by atoms with Crippen LogP contribution in [-0.2, 0) is 22.6 Å². The highest BCUT2D eigenvalue weighted by atomic mass is 35.5. The highest BCUT2D eigenvalue weighted by Gasteiger charge is 2.05. The highest BCUT2D eigenvalue weighted by Crippen LogP contribution is 2.22. The van der Waals surface area contributed by atoms with Crippen LogP contribution in [0.4, 0.5) is 0 Å². The molecular weight excluding hydrogens is 288 g/mol. The van der Waals surface area contributed by atoms with Crippen LogP contribution in [0.3, 0.4) is 0 Å². The van der Waals surface area contributed by atoms with E-state index in [1.807, 2.05) is 24.3 Å². The van der Waals surface area contributed by atoms with Gasteiger partial charge in [-0.25, -0.2) is 0 Å². The molecule has 109 valence electrons. The summed E-state index contributed by atoms with van der Waals surface area (Å²) in [6, 6.07) is 14.6. The number of rotatable bonds is 5. The third-order valence-corrected chi connectivity index (χ3v) is 3.35. The molecule has 1 radical (unpaired) electrons. The van der Waals surface area contributed by atoms with Crippen molar-refractivity contribution in [3.8, 4) is 5.75 Å². The van der Waals surface area contributed by atoms with E-state index < -0.39 is 0 Å². The number of esters is 1. The second-order valence-corrected chi connectivity index (χ2v) is 5.05. The van der Waals surface area contributed by atoms with Gasteiger partial charge in [-0.2, -0.15) is 0 Å². The normalized spacial score (nSPS) is 10.2. The topological polar surface area (TPSA) is 35.5 Å². The van der Waals surface area contributed by atoms with Gasteiger partial charge in [0.1, 0.15) is 12.4 Å². The molecule has 0 bridgehead atoms. The van der Waals surface area contributed by atoms with Crippen LogP contribution in [0.5, 0.6) is 5.75 Å². The van der Waals surface area contributed by atoms with Crippen molar-refractivity contribution in [3.05, 3.63) is 64.2 Å². The lowest BCUT2D eigenvalue weighted by Crippen LogP contribution is -1.99. The van der Waals surface area contributed by atoms with E-state index >= 15 is 0 Å². The largest absolute Gasteiger partial charge is 0.497 e. The van der Waals surface area contributed by atoms with E-state index in [2.05, 4.69) is 6.07 Å². The molecule has 0 saturated carbocycles. The standard InChI is InChI=1S/C17H16ClO3/c1-12(19)21-11-14-3-6-15(17(18)10-14)9-13-4-7-16(20-2)8-5-13/h3-5,7-8,10H,9,11H2,1-2H3. The zero-order chi connectivity index (χ0) is 15.2. The first kappa shape index (κ1) is 15.4. The molecular formula is C17H16ClO3. The summed E-state index contributed by atoms with van der Waals surface area (Å²) in [5.74, 6) is 0.513. The summed E-state index contributed by atoms with van der Waals surface area (Å²) >= 11 is 6.26. The fourth-order valence-electron chi connectivity index (χ4n) is 1.89. The van der Waals surface area contributed by atoms with Gasteiger partial charge in [0.25, 0.3) is 0 Å².